The van der Waals surface area contributed by atoms with E-state index < -0.39 is 11.7 Å². The quantitative estimate of drug-likeness (QED) is 0.175. The molecule has 11 heteroatoms. The van der Waals surface area contributed by atoms with E-state index in [9.17, 15) is 18.0 Å². The number of fused-ring (bicyclic) bond motifs is 1. The Morgan fingerprint density at radius 1 is 1.12 bits per heavy atom. The molecule has 0 amide bonds. The molecular weight excluding hydrogens is 461 g/mol. The molecule has 32 heavy (non-hydrogen) atoms. The molecule has 0 N–H and O–H groups in total. The molecule has 168 valence electrons. The molecule has 3 heterocycles. The lowest BCUT2D eigenvalue weighted by Gasteiger charge is -2.10. The number of aromatic nitrogens is 4. The number of thioether (sulfide) groups is 1. The Hall–Kier alpha value is -2.66. The van der Waals surface area contributed by atoms with Gasteiger partial charge in [-0.1, -0.05) is 48.8 Å². The van der Waals surface area contributed by atoms with Crippen LogP contribution in [0.25, 0.3) is 21.6 Å². The van der Waals surface area contributed by atoms with Crippen LogP contribution in [0.2, 0.25) is 0 Å². The van der Waals surface area contributed by atoms with E-state index in [2.05, 4.69) is 22.0 Å². The second kappa shape index (κ2) is 9.45. The highest BCUT2D eigenvalue weighted by Crippen LogP contribution is 2.31. The summed E-state index contributed by atoms with van der Waals surface area (Å²) < 4.78 is 45.8. The van der Waals surface area contributed by atoms with Crippen molar-refractivity contribution >= 4 is 33.3 Å². The van der Waals surface area contributed by atoms with E-state index in [0.29, 0.717) is 33.4 Å². The summed E-state index contributed by atoms with van der Waals surface area (Å²) in [6.45, 7) is 2.68. The van der Waals surface area contributed by atoms with Crippen molar-refractivity contribution in [2.24, 2.45) is 0 Å². The first-order valence-electron chi connectivity index (χ1n) is 9.98. The first kappa shape index (κ1) is 22.5. The maximum absolute atomic E-state index is 12.9. The van der Waals surface area contributed by atoms with Gasteiger partial charge in [0.2, 0.25) is 11.7 Å². The summed E-state index contributed by atoms with van der Waals surface area (Å²) in [5, 5.41) is 6.29. The number of hydrogen-bond acceptors (Lipinski definition) is 7. The Balaban J connectivity index is 1.52. The molecule has 0 saturated heterocycles. The number of alkyl halides is 3. The highest BCUT2D eigenvalue weighted by molar-refractivity contribution is 7.98. The van der Waals surface area contributed by atoms with Crippen molar-refractivity contribution in [3.63, 3.8) is 0 Å². The molecule has 0 unspecified atom stereocenters. The zero-order valence-corrected chi connectivity index (χ0v) is 18.7. The number of rotatable bonds is 8. The standard InChI is InChI=1S/C21H19F3N4O2S2/c1-2-3-4-10-28-19(29)17-15(9-11-31-17)25-20(28)32-12-16-26-18(27-30-16)13-5-7-14(8-6-13)21(22,23)24/h5-9,11H,2-4,10,12H2,1H3. The van der Waals surface area contributed by atoms with E-state index >= 15 is 0 Å². The van der Waals surface area contributed by atoms with Crippen LogP contribution in [-0.2, 0) is 18.5 Å². The van der Waals surface area contributed by atoms with Crippen molar-refractivity contribution < 1.29 is 17.7 Å². The summed E-state index contributed by atoms with van der Waals surface area (Å²) in [5.41, 5.74) is 0.286. The molecule has 0 fully saturated rings. The van der Waals surface area contributed by atoms with Crippen LogP contribution in [0.1, 0.15) is 37.6 Å². The molecule has 0 bridgehead atoms. The molecule has 6 nitrogen and oxygen atoms in total. The Kier molecular flexibility index (Phi) is 6.66. The van der Waals surface area contributed by atoms with Crippen molar-refractivity contribution in [1.29, 1.82) is 0 Å². The summed E-state index contributed by atoms with van der Waals surface area (Å²) >= 11 is 2.69. The minimum atomic E-state index is -4.40. The normalized spacial score (nSPS) is 12.0. The molecule has 0 aliphatic rings. The molecule has 4 rings (SSSR count). The smallest absolute Gasteiger partial charge is 0.338 e. The number of halogens is 3. The highest BCUT2D eigenvalue weighted by Gasteiger charge is 2.30. The monoisotopic (exact) mass is 480 g/mol. The van der Waals surface area contributed by atoms with Gasteiger partial charge >= 0.3 is 6.18 Å². The highest BCUT2D eigenvalue weighted by atomic mass is 32.2. The Morgan fingerprint density at radius 2 is 1.91 bits per heavy atom. The van der Waals surface area contributed by atoms with Gasteiger partial charge in [0, 0.05) is 12.1 Å². The Labute approximate surface area is 189 Å². The third-order valence-electron chi connectivity index (χ3n) is 4.78. The average molecular weight is 481 g/mol. The van der Waals surface area contributed by atoms with Crippen molar-refractivity contribution in [3.05, 3.63) is 57.5 Å². The van der Waals surface area contributed by atoms with Crippen molar-refractivity contribution in [2.75, 3.05) is 0 Å². The predicted octanol–water partition coefficient (Wildman–Crippen LogP) is 6.01. The van der Waals surface area contributed by atoms with Crippen LogP contribution in [-0.4, -0.2) is 19.7 Å². The van der Waals surface area contributed by atoms with Crippen LogP contribution in [0.4, 0.5) is 13.2 Å². The predicted molar refractivity (Wildman–Crippen MR) is 118 cm³/mol. The first-order valence-corrected chi connectivity index (χ1v) is 11.8. The second-order valence-electron chi connectivity index (χ2n) is 7.07. The van der Waals surface area contributed by atoms with Gasteiger partial charge < -0.3 is 4.52 Å². The largest absolute Gasteiger partial charge is 0.416 e. The lowest BCUT2D eigenvalue weighted by Crippen LogP contribution is -2.22. The van der Waals surface area contributed by atoms with Crippen LogP contribution in [0.5, 0.6) is 0 Å². The van der Waals surface area contributed by atoms with Gasteiger partial charge in [0.25, 0.3) is 5.56 Å². The fourth-order valence-electron chi connectivity index (χ4n) is 3.12. The van der Waals surface area contributed by atoms with Gasteiger partial charge in [0.15, 0.2) is 5.16 Å². The minimum Gasteiger partial charge on any atom is -0.338 e. The van der Waals surface area contributed by atoms with Crippen LogP contribution in [0.15, 0.2) is 50.2 Å². The van der Waals surface area contributed by atoms with E-state index in [1.165, 1.54) is 35.2 Å². The zero-order chi connectivity index (χ0) is 22.7. The maximum Gasteiger partial charge on any atom is 0.416 e. The first-order chi connectivity index (χ1) is 15.4. The molecule has 0 atom stereocenters. The number of nitrogens with zero attached hydrogens (tertiary/aromatic N) is 4. The third-order valence-corrected chi connectivity index (χ3v) is 6.63. The molecule has 4 aromatic rings. The summed E-state index contributed by atoms with van der Waals surface area (Å²) in [6.07, 6.45) is -1.47. The topological polar surface area (TPSA) is 73.8 Å². The molecular formula is C21H19F3N4O2S2. The fourth-order valence-corrected chi connectivity index (χ4v) is 4.76. The summed E-state index contributed by atoms with van der Waals surface area (Å²) in [7, 11) is 0. The van der Waals surface area contributed by atoms with Crippen LogP contribution >= 0.6 is 23.1 Å². The lowest BCUT2D eigenvalue weighted by atomic mass is 10.1. The molecule has 0 radical (unpaired) electrons. The van der Waals surface area contributed by atoms with Crippen molar-refractivity contribution in [2.45, 2.75) is 49.8 Å². The third kappa shape index (κ3) is 4.88. The number of thiophene rings is 1. The SMILES string of the molecule is CCCCCn1c(SCc2nc(-c3ccc(C(F)(F)F)cc3)no2)nc2ccsc2c1=O. The fraction of sp³-hybridized carbons (Fsp3) is 0.333. The molecule has 0 aliphatic heterocycles. The van der Waals surface area contributed by atoms with E-state index in [0.717, 1.165) is 31.4 Å². The van der Waals surface area contributed by atoms with E-state index in [4.69, 9.17) is 4.52 Å². The van der Waals surface area contributed by atoms with E-state index in [1.807, 2.05) is 11.4 Å². The van der Waals surface area contributed by atoms with Crippen molar-refractivity contribution in [3.8, 4) is 11.4 Å². The Bertz CT molecular complexity index is 1260. The van der Waals surface area contributed by atoms with Crippen molar-refractivity contribution in [1.82, 2.24) is 19.7 Å². The van der Waals surface area contributed by atoms with Crippen LogP contribution in [0, 0.1) is 0 Å². The molecule has 1 aromatic carbocycles. The van der Waals surface area contributed by atoms with Gasteiger partial charge in [-0.2, -0.15) is 18.2 Å². The summed E-state index contributed by atoms with van der Waals surface area (Å²) in [4.78, 5) is 21.8. The zero-order valence-electron chi connectivity index (χ0n) is 17.1. The van der Waals surface area contributed by atoms with Gasteiger partial charge in [-0.05, 0) is 30.0 Å². The van der Waals surface area contributed by atoms with Gasteiger partial charge in [0.1, 0.15) is 4.70 Å². The van der Waals surface area contributed by atoms with E-state index in [-0.39, 0.29) is 17.1 Å². The molecule has 0 saturated carbocycles. The van der Waals surface area contributed by atoms with Gasteiger partial charge in [-0.3, -0.25) is 9.36 Å². The Morgan fingerprint density at radius 3 is 2.62 bits per heavy atom. The molecule has 0 aliphatic carbocycles. The molecule has 0 spiro atoms. The average Bonchev–Trinajstić information content (AvgIpc) is 3.43. The van der Waals surface area contributed by atoms with Crippen LogP contribution < -0.4 is 5.56 Å². The van der Waals surface area contributed by atoms with Gasteiger partial charge in [-0.25, -0.2) is 4.98 Å². The lowest BCUT2D eigenvalue weighted by molar-refractivity contribution is -0.137. The minimum absolute atomic E-state index is 0.0559. The summed E-state index contributed by atoms with van der Waals surface area (Å²) in [5.74, 6) is 0.782. The van der Waals surface area contributed by atoms with Gasteiger partial charge in [-0.15, -0.1) is 11.3 Å². The number of hydrogen-bond donors (Lipinski definition) is 0. The van der Waals surface area contributed by atoms with Gasteiger partial charge in [0.05, 0.1) is 16.8 Å². The molecule has 3 aromatic heterocycles. The number of unbranched alkanes of at least 4 members (excludes halogenated alkanes) is 2. The number of benzene rings is 1. The van der Waals surface area contributed by atoms with Crippen LogP contribution in [0.3, 0.4) is 0 Å². The summed E-state index contributed by atoms with van der Waals surface area (Å²) in [6, 6.07) is 6.39. The second-order valence-corrected chi connectivity index (χ2v) is 8.93. The maximum atomic E-state index is 12.9. The van der Waals surface area contributed by atoms with E-state index in [1.54, 1.807) is 4.57 Å².